The van der Waals surface area contributed by atoms with Crippen LogP contribution in [0.15, 0.2) is 62.2 Å². The van der Waals surface area contributed by atoms with Crippen LogP contribution in [-0.4, -0.2) is 12.2 Å². The molecule has 4 aromatic rings. The van der Waals surface area contributed by atoms with Gasteiger partial charge in [0.2, 0.25) is 0 Å². The van der Waals surface area contributed by atoms with Crippen LogP contribution < -0.4 is 21.0 Å². The summed E-state index contributed by atoms with van der Waals surface area (Å²) >= 11 is 5.45. The summed E-state index contributed by atoms with van der Waals surface area (Å²) in [5.74, 6) is 1.45. The Labute approximate surface area is 183 Å². The third kappa shape index (κ3) is 3.27. The van der Waals surface area contributed by atoms with Crippen molar-refractivity contribution in [2.45, 2.75) is 19.9 Å². The minimum absolute atomic E-state index is 0.126. The van der Waals surface area contributed by atoms with Gasteiger partial charge in [0.15, 0.2) is 10.9 Å². The topological polar surface area (TPSA) is 76.6 Å². The lowest BCUT2D eigenvalue weighted by molar-refractivity contribution is 0.414. The Morgan fingerprint density at radius 3 is 2.58 bits per heavy atom. The second-order valence-corrected chi connectivity index (χ2v) is 7.96. The Bertz CT molecular complexity index is 1430. The fourth-order valence-electron chi connectivity index (χ4n) is 4.04. The monoisotopic (exact) mass is 432 g/mol. The molecule has 0 amide bonds. The molecule has 0 radical (unpaired) electrons. The van der Waals surface area contributed by atoms with Gasteiger partial charge in [-0.25, -0.2) is 4.79 Å². The molecule has 0 bridgehead atoms. The van der Waals surface area contributed by atoms with Crippen molar-refractivity contribution >= 4 is 45.0 Å². The molecule has 1 atom stereocenters. The van der Waals surface area contributed by atoms with Gasteiger partial charge in [0, 0.05) is 17.0 Å². The van der Waals surface area contributed by atoms with Gasteiger partial charge in [0.05, 0.1) is 24.2 Å². The maximum atomic E-state index is 12.0. The van der Waals surface area contributed by atoms with E-state index in [-0.39, 0.29) is 11.7 Å². The molecule has 1 aliphatic heterocycles. The fraction of sp³-hybridized carbons (Fsp3) is 0.167. The van der Waals surface area contributed by atoms with Gasteiger partial charge in [-0.15, -0.1) is 0 Å². The first-order valence-electron chi connectivity index (χ1n) is 9.85. The van der Waals surface area contributed by atoms with Gasteiger partial charge >= 0.3 is 5.63 Å². The first kappa shape index (κ1) is 19.4. The third-order valence-electron chi connectivity index (χ3n) is 5.60. The number of methoxy groups -OCH3 is 1. The standard InChI is InChI=1S/C24H20N2O4S/c1-12-10-20(27)30-23-16(12)8-9-19-21(23)13(2)22(29-19)18-11-17(25-24(31)26-18)14-4-6-15(28-3)7-5-14/h4-11,17H,1-3H3,(H2,25,26,31). The second-order valence-electron chi connectivity index (χ2n) is 7.55. The number of nitrogens with one attached hydrogen (secondary N) is 2. The summed E-state index contributed by atoms with van der Waals surface area (Å²) < 4.78 is 17.0. The van der Waals surface area contributed by atoms with Crippen LogP contribution in [0.25, 0.3) is 27.6 Å². The van der Waals surface area contributed by atoms with E-state index >= 15 is 0 Å². The minimum Gasteiger partial charge on any atom is -0.497 e. The molecule has 0 fully saturated rings. The number of fused-ring (bicyclic) bond motifs is 3. The number of hydrogen-bond donors (Lipinski definition) is 2. The van der Waals surface area contributed by atoms with E-state index in [1.54, 1.807) is 7.11 Å². The van der Waals surface area contributed by atoms with E-state index in [2.05, 4.69) is 10.6 Å². The van der Waals surface area contributed by atoms with Crippen LogP contribution in [0, 0.1) is 13.8 Å². The molecule has 1 aliphatic rings. The number of hydrogen-bond acceptors (Lipinski definition) is 5. The number of benzene rings is 2. The Hall–Kier alpha value is -3.58. The molecule has 0 saturated heterocycles. The molecule has 6 nitrogen and oxygen atoms in total. The quantitative estimate of drug-likeness (QED) is 0.358. The first-order valence-corrected chi connectivity index (χ1v) is 10.3. The zero-order valence-electron chi connectivity index (χ0n) is 17.2. The Morgan fingerprint density at radius 2 is 1.84 bits per heavy atom. The minimum atomic E-state index is -0.375. The number of thiocarbonyl (C=S) groups is 1. The molecule has 2 aromatic carbocycles. The van der Waals surface area contributed by atoms with Crippen molar-refractivity contribution in [1.29, 1.82) is 0 Å². The average Bonchev–Trinajstić information content (AvgIpc) is 3.10. The number of aryl methyl sites for hydroxylation is 2. The number of furan rings is 1. The van der Waals surface area contributed by atoms with Crippen LogP contribution in [0.2, 0.25) is 0 Å². The van der Waals surface area contributed by atoms with Crippen molar-refractivity contribution < 1.29 is 13.6 Å². The molecule has 1 unspecified atom stereocenters. The van der Waals surface area contributed by atoms with E-state index in [1.807, 2.05) is 56.3 Å². The molecule has 31 heavy (non-hydrogen) atoms. The summed E-state index contributed by atoms with van der Waals surface area (Å²) in [7, 11) is 1.64. The zero-order chi connectivity index (χ0) is 21.7. The molecular formula is C24H20N2O4S. The summed E-state index contributed by atoms with van der Waals surface area (Å²) in [5.41, 5.74) is 4.38. The smallest absolute Gasteiger partial charge is 0.336 e. The van der Waals surface area contributed by atoms with Crippen molar-refractivity contribution in [3.63, 3.8) is 0 Å². The largest absolute Gasteiger partial charge is 0.497 e. The maximum absolute atomic E-state index is 12.0. The predicted molar refractivity (Wildman–Crippen MR) is 124 cm³/mol. The fourth-order valence-corrected chi connectivity index (χ4v) is 4.27. The Morgan fingerprint density at radius 1 is 1.06 bits per heavy atom. The van der Waals surface area contributed by atoms with Gasteiger partial charge in [-0.1, -0.05) is 12.1 Å². The third-order valence-corrected chi connectivity index (χ3v) is 5.82. The summed E-state index contributed by atoms with van der Waals surface area (Å²) in [6.07, 6.45) is 2.03. The summed E-state index contributed by atoms with van der Waals surface area (Å²) in [4.78, 5) is 12.0. The Balaban J connectivity index is 1.66. The molecule has 5 rings (SSSR count). The molecule has 7 heteroatoms. The first-order chi connectivity index (χ1) is 14.9. The van der Waals surface area contributed by atoms with Gasteiger partial charge in [0.1, 0.15) is 16.9 Å². The van der Waals surface area contributed by atoms with E-state index in [0.29, 0.717) is 22.0 Å². The highest BCUT2D eigenvalue weighted by atomic mass is 32.1. The van der Waals surface area contributed by atoms with Crippen LogP contribution in [0.5, 0.6) is 5.75 Å². The molecule has 156 valence electrons. The van der Waals surface area contributed by atoms with Gasteiger partial charge < -0.3 is 24.2 Å². The van der Waals surface area contributed by atoms with Crippen LogP contribution in [0.3, 0.4) is 0 Å². The van der Waals surface area contributed by atoms with Crippen molar-refractivity contribution in [3.8, 4) is 5.75 Å². The highest BCUT2D eigenvalue weighted by Crippen LogP contribution is 2.36. The van der Waals surface area contributed by atoms with Gasteiger partial charge in [-0.2, -0.15) is 0 Å². The molecular weight excluding hydrogens is 412 g/mol. The van der Waals surface area contributed by atoms with Crippen LogP contribution in [-0.2, 0) is 0 Å². The van der Waals surface area contributed by atoms with Crippen LogP contribution >= 0.6 is 12.2 Å². The SMILES string of the molecule is COc1ccc(C2C=C(c3oc4ccc5c(C)cc(=O)oc5c4c3C)NC(=S)N2)cc1. The van der Waals surface area contributed by atoms with E-state index in [1.165, 1.54) is 6.07 Å². The molecule has 2 N–H and O–H groups in total. The summed E-state index contributed by atoms with van der Waals surface area (Å²) in [6.45, 7) is 3.86. The number of rotatable bonds is 3. The molecule has 0 saturated carbocycles. The lowest BCUT2D eigenvalue weighted by Crippen LogP contribution is -2.40. The zero-order valence-corrected chi connectivity index (χ0v) is 18.1. The summed E-state index contributed by atoms with van der Waals surface area (Å²) in [5, 5.41) is 8.66. The van der Waals surface area contributed by atoms with Crippen LogP contribution in [0.4, 0.5) is 0 Å². The molecule has 2 aromatic heterocycles. The molecule has 3 heterocycles. The van der Waals surface area contributed by atoms with Crippen LogP contribution in [0.1, 0.15) is 28.5 Å². The number of ether oxygens (including phenoxy) is 1. The van der Waals surface area contributed by atoms with E-state index in [0.717, 1.165) is 38.9 Å². The van der Waals surface area contributed by atoms with E-state index in [9.17, 15) is 4.79 Å². The Kier molecular flexibility index (Phi) is 4.55. The van der Waals surface area contributed by atoms with E-state index < -0.39 is 0 Å². The lowest BCUT2D eigenvalue weighted by Gasteiger charge is -2.25. The molecule has 0 spiro atoms. The average molecular weight is 433 g/mol. The predicted octanol–water partition coefficient (Wildman–Crippen LogP) is 4.72. The molecule has 0 aliphatic carbocycles. The van der Waals surface area contributed by atoms with Crippen molar-refractivity contribution in [1.82, 2.24) is 10.6 Å². The lowest BCUT2D eigenvalue weighted by atomic mass is 10.0. The normalized spacial score (nSPS) is 16.2. The van der Waals surface area contributed by atoms with Gasteiger partial charge in [-0.05, 0) is 67.5 Å². The van der Waals surface area contributed by atoms with E-state index in [4.69, 9.17) is 25.8 Å². The maximum Gasteiger partial charge on any atom is 0.336 e. The highest BCUT2D eigenvalue weighted by Gasteiger charge is 2.24. The summed E-state index contributed by atoms with van der Waals surface area (Å²) in [6, 6.07) is 13.0. The van der Waals surface area contributed by atoms with Gasteiger partial charge in [-0.3, -0.25) is 0 Å². The van der Waals surface area contributed by atoms with Crippen molar-refractivity contribution in [2.75, 3.05) is 7.11 Å². The van der Waals surface area contributed by atoms with Crippen molar-refractivity contribution in [3.05, 3.63) is 81.4 Å². The second kappa shape index (κ2) is 7.28. The highest BCUT2D eigenvalue weighted by molar-refractivity contribution is 7.80. The van der Waals surface area contributed by atoms with Crippen molar-refractivity contribution in [2.24, 2.45) is 0 Å². The van der Waals surface area contributed by atoms with Gasteiger partial charge in [0.25, 0.3) is 0 Å².